The Kier molecular flexibility index (Phi) is 5.93. The highest BCUT2D eigenvalue weighted by Crippen LogP contribution is 2.43. The molecular formula is C28H40O2. The lowest BCUT2D eigenvalue weighted by Gasteiger charge is -2.34. The SMILES string of the molecule is CC(C)(C)C1=CC(=C2C=C(C(C)(C)C)C(=O)C(C(C)(C)C)=C2)C=C(C(C)(C)C)C1=O. The Morgan fingerprint density at radius 3 is 0.700 bits per heavy atom. The smallest absolute Gasteiger partial charge is 0.186 e. The summed E-state index contributed by atoms with van der Waals surface area (Å²) in [5, 5.41) is 0. The summed E-state index contributed by atoms with van der Waals surface area (Å²) in [4.78, 5) is 26.6. The molecule has 0 aromatic carbocycles. The molecule has 2 aliphatic rings. The Labute approximate surface area is 183 Å². The summed E-state index contributed by atoms with van der Waals surface area (Å²) >= 11 is 0. The van der Waals surface area contributed by atoms with E-state index in [1.165, 1.54) is 0 Å². The van der Waals surface area contributed by atoms with Gasteiger partial charge in [-0.3, -0.25) is 9.59 Å². The second kappa shape index (κ2) is 7.32. The van der Waals surface area contributed by atoms with Crippen LogP contribution in [-0.2, 0) is 9.59 Å². The van der Waals surface area contributed by atoms with E-state index < -0.39 is 0 Å². The number of ketones is 2. The molecule has 0 aromatic heterocycles. The van der Waals surface area contributed by atoms with Gasteiger partial charge in [0.15, 0.2) is 11.6 Å². The highest BCUT2D eigenvalue weighted by molar-refractivity contribution is 6.13. The molecule has 2 rings (SSSR count). The predicted octanol–water partition coefficient (Wildman–Crippen LogP) is 7.34. The largest absolute Gasteiger partial charge is 0.289 e. The van der Waals surface area contributed by atoms with Gasteiger partial charge < -0.3 is 0 Å². The van der Waals surface area contributed by atoms with Crippen molar-refractivity contribution in [2.75, 3.05) is 0 Å². The van der Waals surface area contributed by atoms with Crippen molar-refractivity contribution < 1.29 is 9.59 Å². The lowest BCUT2D eigenvalue weighted by atomic mass is 9.69. The van der Waals surface area contributed by atoms with E-state index in [-0.39, 0.29) is 33.2 Å². The maximum atomic E-state index is 13.3. The third-order valence-corrected chi connectivity index (χ3v) is 5.74. The second-order valence-electron chi connectivity index (χ2n) is 12.8. The Morgan fingerprint density at radius 1 is 0.400 bits per heavy atom. The Bertz CT molecular complexity index is 779. The fourth-order valence-electron chi connectivity index (χ4n) is 3.82. The number of carbonyl (C=O) groups is 2. The zero-order valence-corrected chi connectivity index (χ0v) is 21.1. The van der Waals surface area contributed by atoms with Gasteiger partial charge in [-0.25, -0.2) is 0 Å². The van der Waals surface area contributed by atoms with Crippen LogP contribution in [0.1, 0.15) is 83.1 Å². The summed E-state index contributed by atoms with van der Waals surface area (Å²) in [6, 6.07) is 0. The maximum Gasteiger partial charge on any atom is 0.186 e. The van der Waals surface area contributed by atoms with Crippen molar-refractivity contribution >= 4 is 11.6 Å². The van der Waals surface area contributed by atoms with Crippen LogP contribution in [0, 0.1) is 21.7 Å². The quantitative estimate of drug-likeness (QED) is 0.420. The van der Waals surface area contributed by atoms with Gasteiger partial charge in [0.1, 0.15) is 0 Å². The molecule has 164 valence electrons. The van der Waals surface area contributed by atoms with E-state index in [0.717, 1.165) is 33.4 Å². The Balaban J connectivity index is 2.92. The lowest BCUT2D eigenvalue weighted by molar-refractivity contribution is -0.114. The Morgan fingerprint density at radius 2 is 0.567 bits per heavy atom. The van der Waals surface area contributed by atoms with Gasteiger partial charge in [-0.2, -0.15) is 0 Å². The molecule has 0 N–H and O–H groups in total. The van der Waals surface area contributed by atoms with Gasteiger partial charge in [-0.05, 0) is 57.1 Å². The molecule has 0 spiro atoms. The van der Waals surface area contributed by atoms with Crippen LogP contribution < -0.4 is 0 Å². The van der Waals surface area contributed by atoms with Gasteiger partial charge in [-0.1, -0.05) is 83.1 Å². The molecule has 0 radical (unpaired) electrons. The van der Waals surface area contributed by atoms with E-state index in [0.29, 0.717) is 0 Å². The first kappa shape index (κ1) is 24.3. The molecule has 0 bridgehead atoms. The third-order valence-electron chi connectivity index (χ3n) is 5.74. The fourth-order valence-corrected chi connectivity index (χ4v) is 3.82. The van der Waals surface area contributed by atoms with Crippen LogP contribution in [0.5, 0.6) is 0 Å². The van der Waals surface area contributed by atoms with Crippen molar-refractivity contribution in [2.45, 2.75) is 83.1 Å². The van der Waals surface area contributed by atoms with E-state index in [1.807, 2.05) is 24.3 Å². The number of hydrogen-bond acceptors (Lipinski definition) is 2. The maximum absolute atomic E-state index is 13.3. The average molecular weight is 409 g/mol. The topological polar surface area (TPSA) is 34.1 Å². The summed E-state index contributed by atoms with van der Waals surface area (Å²) in [6.45, 7) is 25.0. The summed E-state index contributed by atoms with van der Waals surface area (Å²) in [7, 11) is 0. The van der Waals surface area contributed by atoms with Gasteiger partial charge in [0.05, 0.1) is 0 Å². The van der Waals surface area contributed by atoms with Crippen LogP contribution in [0.3, 0.4) is 0 Å². The molecule has 0 atom stereocenters. The van der Waals surface area contributed by atoms with Crippen molar-refractivity contribution in [3.8, 4) is 0 Å². The molecule has 0 aromatic rings. The van der Waals surface area contributed by atoms with Gasteiger partial charge in [0.25, 0.3) is 0 Å². The van der Waals surface area contributed by atoms with Crippen molar-refractivity contribution in [3.63, 3.8) is 0 Å². The van der Waals surface area contributed by atoms with E-state index >= 15 is 0 Å². The van der Waals surface area contributed by atoms with Gasteiger partial charge in [0.2, 0.25) is 0 Å². The van der Waals surface area contributed by atoms with Gasteiger partial charge in [0, 0.05) is 22.3 Å². The van der Waals surface area contributed by atoms with Gasteiger partial charge >= 0.3 is 0 Å². The summed E-state index contributed by atoms with van der Waals surface area (Å²) < 4.78 is 0. The van der Waals surface area contributed by atoms with Gasteiger partial charge in [-0.15, -0.1) is 0 Å². The summed E-state index contributed by atoms with van der Waals surface area (Å²) in [5.74, 6) is 0.262. The first-order valence-electron chi connectivity index (χ1n) is 11.0. The molecular weight excluding hydrogens is 368 g/mol. The molecule has 30 heavy (non-hydrogen) atoms. The molecule has 0 saturated heterocycles. The van der Waals surface area contributed by atoms with E-state index in [2.05, 4.69) is 83.1 Å². The van der Waals surface area contributed by atoms with Crippen LogP contribution in [0.15, 0.2) is 57.7 Å². The fraction of sp³-hybridized carbons (Fsp3) is 0.571. The van der Waals surface area contributed by atoms with Crippen molar-refractivity contribution in [1.29, 1.82) is 0 Å². The van der Waals surface area contributed by atoms with E-state index in [9.17, 15) is 9.59 Å². The third kappa shape index (κ3) is 4.85. The molecule has 0 aliphatic heterocycles. The van der Waals surface area contributed by atoms with Crippen LogP contribution >= 0.6 is 0 Å². The first-order chi connectivity index (χ1) is 13.2. The Hall–Kier alpha value is -1.96. The summed E-state index contributed by atoms with van der Waals surface area (Å²) in [5.41, 5.74) is 4.29. The minimum absolute atomic E-state index is 0.131. The minimum Gasteiger partial charge on any atom is -0.289 e. The molecule has 2 aliphatic carbocycles. The molecule has 0 heterocycles. The highest BCUT2D eigenvalue weighted by atomic mass is 16.1. The number of allylic oxidation sites excluding steroid dienone is 10. The lowest BCUT2D eigenvalue weighted by Crippen LogP contribution is -2.29. The molecule has 2 nitrogen and oxygen atoms in total. The first-order valence-corrected chi connectivity index (χ1v) is 11.0. The summed E-state index contributed by atoms with van der Waals surface area (Å²) in [6.07, 6.45) is 8.15. The monoisotopic (exact) mass is 408 g/mol. The average Bonchev–Trinajstić information content (AvgIpc) is 2.50. The van der Waals surface area contributed by atoms with Crippen LogP contribution in [-0.4, -0.2) is 11.6 Å². The van der Waals surface area contributed by atoms with E-state index in [1.54, 1.807) is 0 Å². The standard InChI is InChI=1S/C28H40O2/c1-25(2,3)19-13-17(14-20(23(19)29)26(4,5)6)18-15-21(27(7,8)9)24(30)22(16-18)28(10,11)12/h13-16H,1-12H3. The normalized spacial score (nSPS) is 19.5. The van der Waals surface area contributed by atoms with Crippen LogP contribution in [0.2, 0.25) is 0 Å². The molecule has 2 heteroatoms. The van der Waals surface area contributed by atoms with Crippen LogP contribution in [0.4, 0.5) is 0 Å². The molecule has 0 saturated carbocycles. The number of Topliss-reactive ketones (excluding diaryl/α,β-unsaturated/α-hetero) is 2. The predicted molar refractivity (Wildman–Crippen MR) is 127 cm³/mol. The minimum atomic E-state index is -0.259. The zero-order chi connectivity index (χ0) is 23.4. The van der Waals surface area contributed by atoms with Crippen molar-refractivity contribution in [2.24, 2.45) is 21.7 Å². The molecule has 0 fully saturated rings. The molecule has 0 unspecified atom stereocenters. The number of hydrogen-bond donors (Lipinski definition) is 0. The number of carbonyl (C=O) groups excluding carboxylic acids is 2. The van der Waals surface area contributed by atoms with Crippen LogP contribution in [0.25, 0.3) is 0 Å². The van der Waals surface area contributed by atoms with Crippen molar-refractivity contribution in [1.82, 2.24) is 0 Å². The van der Waals surface area contributed by atoms with Crippen molar-refractivity contribution in [3.05, 3.63) is 57.7 Å². The van der Waals surface area contributed by atoms with E-state index in [4.69, 9.17) is 0 Å². The zero-order valence-electron chi connectivity index (χ0n) is 21.1. The second-order valence-corrected chi connectivity index (χ2v) is 12.8. The highest BCUT2D eigenvalue weighted by Gasteiger charge is 2.37. The number of rotatable bonds is 0. The molecule has 0 amide bonds.